The molecular formula is C17H21N3O2. The van der Waals surface area contributed by atoms with Gasteiger partial charge in [-0.25, -0.2) is 4.79 Å². The van der Waals surface area contributed by atoms with E-state index in [1.54, 1.807) is 6.20 Å². The van der Waals surface area contributed by atoms with Crippen molar-refractivity contribution >= 4 is 17.5 Å². The van der Waals surface area contributed by atoms with Crippen LogP contribution in [-0.4, -0.2) is 16.7 Å². The largest absolute Gasteiger partial charge is 0.444 e. The van der Waals surface area contributed by atoms with E-state index in [2.05, 4.69) is 15.6 Å². The number of anilines is 2. The average molecular weight is 299 g/mol. The topological polar surface area (TPSA) is 63.2 Å². The molecule has 0 unspecified atom stereocenters. The minimum absolute atomic E-state index is 0.473. The molecule has 0 spiro atoms. The molecule has 2 aromatic rings. The third-order valence-corrected chi connectivity index (χ3v) is 2.75. The lowest BCUT2D eigenvalue weighted by atomic mass is 10.2. The van der Waals surface area contributed by atoms with Gasteiger partial charge in [-0.2, -0.15) is 0 Å². The molecule has 1 heterocycles. The molecule has 0 bridgehead atoms. The predicted molar refractivity (Wildman–Crippen MR) is 87.9 cm³/mol. The van der Waals surface area contributed by atoms with Gasteiger partial charge in [-0.3, -0.25) is 10.3 Å². The third kappa shape index (κ3) is 5.09. The van der Waals surface area contributed by atoms with Gasteiger partial charge in [-0.05, 0) is 45.0 Å². The van der Waals surface area contributed by atoms with E-state index in [1.807, 2.05) is 63.2 Å². The van der Waals surface area contributed by atoms with E-state index in [-0.39, 0.29) is 0 Å². The Morgan fingerprint density at radius 2 is 1.77 bits per heavy atom. The van der Waals surface area contributed by atoms with Crippen LogP contribution in [0.2, 0.25) is 0 Å². The van der Waals surface area contributed by atoms with Crippen molar-refractivity contribution in [2.45, 2.75) is 32.9 Å². The number of carbonyl (C=O) groups excluding carboxylic acids is 1. The minimum atomic E-state index is -0.527. The average Bonchev–Trinajstić information content (AvgIpc) is 2.45. The van der Waals surface area contributed by atoms with Gasteiger partial charge in [0, 0.05) is 6.20 Å². The molecule has 0 saturated heterocycles. The number of rotatable bonds is 4. The number of pyridine rings is 1. The van der Waals surface area contributed by atoms with E-state index in [0.717, 1.165) is 11.4 Å². The van der Waals surface area contributed by atoms with Crippen LogP contribution < -0.4 is 10.6 Å². The highest BCUT2D eigenvalue weighted by Crippen LogP contribution is 2.22. The van der Waals surface area contributed by atoms with Gasteiger partial charge < -0.3 is 10.1 Å². The summed E-state index contributed by atoms with van der Waals surface area (Å²) in [4.78, 5) is 16.1. The summed E-state index contributed by atoms with van der Waals surface area (Å²) < 4.78 is 5.27. The van der Waals surface area contributed by atoms with E-state index in [4.69, 9.17) is 4.74 Å². The monoisotopic (exact) mass is 299 g/mol. The van der Waals surface area contributed by atoms with Crippen molar-refractivity contribution in [2.75, 3.05) is 10.6 Å². The minimum Gasteiger partial charge on any atom is -0.444 e. The maximum absolute atomic E-state index is 11.9. The number of aromatic nitrogens is 1. The Morgan fingerprint density at radius 1 is 1.09 bits per heavy atom. The van der Waals surface area contributed by atoms with Gasteiger partial charge in [0.05, 0.1) is 23.6 Å². The van der Waals surface area contributed by atoms with Crippen LogP contribution in [0.5, 0.6) is 0 Å². The second-order valence-corrected chi connectivity index (χ2v) is 5.85. The third-order valence-electron chi connectivity index (χ3n) is 2.75. The second kappa shape index (κ2) is 6.93. The molecule has 5 heteroatoms. The highest BCUT2D eigenvalue weighted by molar-refractivity contribution is 5.89. The van der Waals surface area contributed by atoms with Crippen LogP contribution in [-0.2, 0) is 11.3 Å². The molecule has 5 nitrogen and oxygen atoms in total. The number of benzene rings is 1. The Labute approximate surface area is 130 Å². The van der Waals surface area contributed by atoms with Crippen molar-refractivity contribution in [1.82, 2.24) is 4.98 Å². The summed E-state index contributed by atoms with van der Waals surface area (Å²) in [5.41, 5.74) is 1.89. The Hall–Kier alpha value is -2.56. The summed E-state index contributed by atoms with van der Waals surface area (Å²) in [5.74, 6) is 0. The molecule has 0 fully saturated rings. The van der Waals surface area contributed by atoms with E-state index in [0.29, 0.717) is 12.2 Å². The molecule has 1 amide bonds. The number of hydrogen-bond donors (Lipinski definition) is 2. The number of ether oxygens (including phenoxy) is 1. The Balaban J connectivity index is 2.02. The van der Waals surface area contributed by atoms with E-state index in [9.17, 15) is 4.79 Å². The fraction of sp³-hybridized carbons (Fsp3) is 0.294. The molecule has 116 valence electrons. The van der Waals surface area contributed by atoms with E-state index < -0.39 is 11.7 Å². The maximum Gasteiger partial charge on any atom is 0.412 e. The molecule has 2 rings (SSSR count). The number of nitrogens with one attached hydrogen (secondary N) is 2. The molecule has 0 aliphatic rings. The molecule has 0 radical (unpaired) electrons. The maximum atomic E-state index is 11.9. The van der Waals surface area contributed by atoms with Gasteiger partial charge in [0.25, 0.3) is 0 Å². The zero-order chi connectivity index (χ0) is 16.0. The van der Waals surface area contributed by atoms with Crippen LogP contribution in [0, 0.1) is 0 Å². The molecule has 0 aliphatic carbocycles. The Bertz CT molecular complexity index is 621. The van der Waals surface area contributed by atoms with Crippen LogP contribution in [0.15, 0.2) is 48.7 Å². The lowest BCUT2D eigenvalue weighted by molar-refractivity contribution is 0.0636. The van der Waals surface area contributed by atoms with Gasteiger partial charge >= 0.3 is 6.09 Å². The highest BCUT2D eigenvalue weighted by atomic mass is 16.6. The molecule has 22 heavy (non-hydrogen) atoms. The first-order valence-electron chi connectivity index (χ1n) is 7.17. The first-order chi connectivity index (χ1) is 10.4. The van der Waals surface area contributed by atoms with Gasteiger partial charge in [0.15, 0.2) is 0 Å². The highest BCUT2D eigenvalue weighted by Gasteiger charge is 2.17. The molecular weight excluding hydrogens is 278 g/mol. The van der Waals surface area contributed by atoms with Crippen LogP contribution in [0.3, 0.4) is 0 Å². The predicted octanol–water partition coefficient (Wildman–Crippen LogP) is 4.04. The zero-order valence-electron chi connectivity index (χ0n) is 13.1. The van der Waals surface area contributed by atoms with Crippen molar-refractivity contribution in [1.29, 1.82) is 0 Å². The Morgan fingerprint density at radius 3 is 2.41 bits per heavy atom. The van der Waals surface area contributed by atoms with Crippen molar-refractivity contribution in [3.8, 4) is 0 Å². The second-order valence-electron chi connectivity index (χ2n) is 5.85. The molecule has 0 saturated carbocycles. The van der Waals surface area contributed by atoms with Gasteiger partial charge in [-0.15, -0.1) is 0 Å². The number of nitrogens with zero attached hydrogens (tertiary/aromatic N) is 1. The molecule has 1 aromatic carbocycles. The van der Waals surface area contributed by atoms with Crippen LogP contribution >= 0.6 is 0 Å². The number of amides is 1. The van der Waals surface area contributed by atoms with Crippen molar-refractivity contribution in [3.05, 3.63) is 54.4 Å². The fourth-order valence-corrected chi connectivity index (χ4v) is 1.85. The molecule has 0 aliphatic heterocycles. The standard InChI is InChI=1S/C17H21N3O2/c1-17(2,3)22-16(21)20-15-10-5-4-9-14(15)19-12-13-8-6-7-11-18-13/h4-11,19H,12H2,1-3H3,(H,20,21). The number of hydrogen-bond acceptors (Lipinski definition) is 4. The normalized spacial score (nSPS) is 10.9. The van der Waals surface area contributed by atoms with Crippen LogP contribution in [0.4, 0.5) is 16.2 Å². The number of carbonyl (C=O) groups is 1. The summed E-state index contributed by atoms with van der Waals surface area (Å²) >= 11 is 0. The van der Waals surface area contributed by atoms with Crippen molar-refractivity contribution in [2.24, 2.45) is 0 Å². The molecule has 2 N–H and O–H groups in total. The van der Waals surface area contributed by atoms with Crippen molar-refractivity contribution < 1.29 is 9.53 Å². The van der Waals surface area contributed by atoms with Crippen molar-refractivity contribution in [3.63, 3.8) is 0 Å². The van der Waals surface area contributed by atoms with Gasteiger partial charge in [-0.1, -0.05) is 18.2 Å². The molecule has 0 atom stereocenters. The fourth-order valence-electron chi connectivity index (χ4n) is 1.85. The van der Waals surface area contributed by atoms with Gasteiger partial charge in [0.2, 0.25) is 0 Å². The summed E-state index contributed by atoms with van der Waals surface area (Å²) in [6.45, 7) is 6.07. The summed E-state index contributed by atoms with van der Waals surface area (Å²) in [5, 5.41) is 6.02. The lowest BCUT2D eigenvalue weighted by Crippen LogP contribution is -2.27. The summed E-state index contributed by atoms with van der Waals surface area (Å²) in [6.07, 6.45) is 1.28. The lowest BCUT2D eigenvalue weighted by Gasteiger charge is -2.20. The smallest absolute Gasteiger partial charge is 0.412 e. The quantitative estimate of drug-likeness (QED) is 0.894. The first kappa shape index (κ1) is 15.8. The van der Waals surface area contributed by atoms with E-state index >= 15 is 0 Å². The Kier molecular flexibility index (Phi) is 4.99. The van der Waals surface area contributed by atoms with Crippen LogP contribution in [0.1, 0.15) is 26.5 Å². The SMILES string of the molecule is CC(C)(C)OC(=O)Nc1ccccc1NCc1ccccn1. The molecule has 1 aromatic heterocycles. The van der Waals surface area contributed by atoms with E-state index in [1.165, 1.54) is 0 Å². The zero-order valence-corrected chi connectivity index (χ0v) is 13.1. The summed E-state index contributed by atoms with van der Waals surface area (Å²) in [6, 6.07) is 13.2. The number of para-hydroxylation sites is 2. The summed E-state index contributed by atoms with van der Waals surface area (Å²) in [7, 11) is 0. The van der Waals surface area contributed by atoms with Gasteiger partial charge in [0.1, 0.15) is 5.60 Å². The first-order valence-corrected chi connectivity index (χ1v) is 7.17. The van der Waals surface area contributed by atoms with Crippen LogP contribution in [0.25, 0.3) is 0 Å².